The van der Waals surface area contributed by atoms with Gasteiger partial charge in [-0.15, -0.1) is 11.7 Å². The zero-order valence-electron chi connectivity index (χ0n) is 5.95. The summed E-state index contributed by atoms with van der Waals surface area (Å²) in [5, 5.41) is 0. The van der Waals surface area contributed by atoms with Gasteiger partial charge in [-0.1, -0.05) is 30.4 Å². The number of para-hydroxylation sites is 1. The molecule has 12 heavy (non-hydrogen) atoms. The van der Waals surface area contributed by atoms with Crippen LogP contribution in [0.3, 0.4) is 0 Å². The summed E-state index contributed by atoms with van der Waals surface area (Å²) in [5.74, 6) is 0.748. The molecule has 0 saturated heterocycles. The van der Waals surface area contributed by atoms with Crippen molar-refractivity contribution in [2.75, 3.05) is 0 Å². The zero-order valence-corrected chi connectivity index (χ0v) is 10.3. The van der Waals surface area contributed by atoms with Gasteiger partial charge in [0.2, 0.25) is 4.67 Å². The summed E-state index contributed by atoms with van der Waals surface area (Å²) >= 11 is 13.2. The van der Waals surface area contributed by atoms with Crippen LogP contribution in [0.25, 0.3) is 0 Å². The van der Waals surface area contributed by atoms with E-state index in [0.29, 0.717) is 0 Å². The molecule has 0 aliphatic carbocycles. The molecule has 6 heteroatoms. The van der Waals surface area contributed by atoms with Crippen molar-refractivity contribution in [1.29, 1.82) is 0 Å². The molecule has 1 aromatic carbocycles. The Balaban J connectivity index is 2.71. The number of thiol groups is 2. The van der Waals surface area contributed by atoms with Crippen LogP contribution in [0, 0.1) is 0 Å². The predicted octanol–water partition coefficient (Wildman–Crippen LogP) is 3.80. The minimum atomic E-state index is -2.09. The Morgan fingerprint density at radius 2 is 1.92 bits per heavy atom. The number of hydrogen-bond donors (Lipinski definition) is 2. The Labute approximate surface area is 91.1 Å². The van der Waals surface area contributed by atoms with Gasteiger partial charge in [-0.25, -0.2) is 0 Å². The summed E-state index contributed by atoms with van der Waals surface area (Å²) in [6.45, 7) is 0. The van der Waals surface area contributed by atoms with Crippen LogP contribution in [0.4, 0.5) is 0 Å². The van der Waals surface area contributed by atoms with Gasteiger partial charge in [0.25, 0.3) is 0 Å². The van der Waals surface area contributed by atoms with Gasteiger partial charge in [-0.3, -0.25) is 0 Å². The van der Waals surface area contributed by atoms with Gasteiger partial charge in [0.1, 0.15) is 5.75 Å². The number of benzene rings is 1. The largest absolute Gasteiger partial charge is 0.448 e. The lowest BCUT2D eigenvalue weighted by Gasteiger charge is -2.13. The molecule has 66 valence electrons. The highest BCUT2D eigenvalue weighted by Crippen LogP contribution is 2.65. The molecule has 0 bridgehead atoms. The van der Waals surface area contributed by atoms with Crippen molar-refractivity contribution in [3.63, 3.8) is 0 Å². The first-order chi connectivity index (χ1) is 5.64. The van der Waals surface area contributed by atoms with Crippen molar-refractivity contribution < 1.29 is 4.52 Å². The van der Waals surface area contributed by atoms with E-state index >= 15 is 0 Å². The fourth-order valence-electron chi connectivity index (χ4n) is 0.631. The highest BCUT2D eigenvalue weighted by atomic mass is 33.5. The Morgan fingerprint density at radius 3 is 2.42 bits per heavy atom. The maximum absolute atomic E-state index is 5.43. The Kier molecular flexibility index (Phi) is 4.34. The number of rotatable bonds is 3. The lowest BCUT2D eigenvalue weighted by Crippen LogP contribution is -1.80. The third-order valence-corrected chi connectivity index (χ3v) is 8.66. The van der Waals surface area contributed by atoms with E-state index in [1.807, 2.05) is 30.3 Å². The van der Waals surface area contributed by atoms with Crippen molar-refractivity contribution in [1.82, 2.24) is 0 Å². The highest BCUT2D eigenvalue weighted by Gasteiger charge is 2.11. The van der Waals surface area contributed by atoms with E-state index in [9.17, 15) is 0 Å². The maximum atomic E-state index is 5.43. The quantitative estimate of drug-likeness (QED) is 0.483. The van der Waals surface area contributed by atoms with Crippen LogP contribution in [-0.2, 0) is 11.8 Å². The molecule has 0 fully saturated rings. The molecule has 1 rings (SSSR count). The SMILES string of the molecule is S=P(S)(Oc1ccccc1)SS. The molecule has 1 atom stereocenters. The summed E-state index contributed by atoms with van der Waals surface area (Å²) in [6, 6.07) is 9.40. The maximum Gasteiger partial charge on any atom is 0.229 e. The second kappa shape index (κ2) is 4.82. The summed E-state index contributed by atoms with van der Waals surface area (Å²) in [5.41, 5.74) is 0. The van der Waals surface area contributed by atoms with Gasteiger partial charge in [-0.2, -0.15) is 0 Å². The molecule has 1 unspecified atom stereocenters. The van der Waals surface area contributed by atoms with Crippen molar-refractivity contribution in [3.8, 4) is 5.75 Å². The zero-order chi connectivity index (χ0) is 9.03. The van der Waals surface area contributed by atoms with Crippen molar-refractivity contribution >= 4 is 50.8 Å². The molecule has 0 radical (unpaired) electrons. The fourth-order valence-corrected chi connectivity index (χ4v) is 2.25. The van der Waals surface area contributed by atoms with Gasteiger partial charge in [-0.05, 0) is 34.4 Å². The van der Waals surface area contributed by atoms with Crippen LogP contribution in [0.5, 0.6) is 5.75 Å². The highest BCUT2D eigenvalue weighted by molar-refractivity contribution is 9.13. The van der Waals surface area contributed by atoms with E-state index in [1.165, 1.54) is 10.4 Å². The predicted molar refractivity (Wildman–Crippen MR) is 66.9 cm³/mol. The molecule has 0 aromatic heterocycles. The molecule has 0 heterocycles. The Bertz CT molecular complexity index is 289. The molecular formula is C6H7OPS4. The van der Waals surface area contributed by atoms with Crippen molar-refractivity contribution in [2.24, 2.45) is 0 Å². The summed E-state index contributed by atoms with van der Waals surface area (Å²) in [4.78, 5) is 0. The second-order valence-electron chi connectivity index (χ2n) is 1.95. The average molecular weight is 254 g/mol. The van der Waals surface area contributed by atoms with E-state index in [0.717, 1.165) is 5.75 Å². The molecule has 0 aliphatic heterocycles. The minimum absolute atomic E-state index is 0.748. The first kappa shape index (κ1) is 10.8. The molecule has 1 aromatic rings. The van der Waals surface area contributed by atoms with E-state index < -0.39 is 4.67 Å². The monoisotopic (exact) mass is 254 g/mol. The smallest absolute Gasteiger partial charge is 0.229 e. The van der Waals surface area contributed by atoms with Crippen LogP contribution in [-0.4, -0.2) is 0 Å². The third-order valence-electron chi connectivity index (χ3n) is 1.07. The van der Waals surface area contributed by atoms with Gasteiger partial charge in [0.05, 0.1) is 0 Å². The average Bonchev–Trinajstić information content (AvgIpc) is 2.06. The van der Waals surface area contributed by atoms with E-state index in [1.54, 1.807) is 0 Å². The lowest BCUT2D eigenvalue weighted by molar-refractivity contribution is 0.638. The first-order valence-corrected chi connectivity index (χ1v) is 9.39. The lowest BCUT2D eigenvalue weighted by atomic mass is 10.3. The van der Waals surface area contributed by atoms with Crippen LogP contribution >= 0.6 is 39.0 Å². The van der Waals surface area contributed by atoms with Gasteiger partial charge in [0.15, 0.2) is 0 Å². The molecule has 0 N–H and O–H groups in total. The topological polar surface area (TPSA) is 9.23 Å². The molecule has 0 aliphatic rings. The summed E-state index contributed by atoms with van der Waals surface area (Å²) in [6.07, 6.45) is 0. The molecular weight excluding hydrogens is 247 g/mol. The van der Waals surface area contributed by atoms with E-state index in [2.05, 4.69) is 23.9 Å². The molecule has 0 saturated carbocycles. The minimum Gasteiger partial charge on any atom is -0.448 e. The van der Waals surface area contributed by atoms with E-state index in [-0.39, 0.29) is 0 Å². The van der Waals surface area contributed by atoms with Gasteiger partial charge < -0.3 is 4.52 Å². The van der Waals surface area contributed by atoms with Crippen LogP contribution in [0.2, 0.25) is 0 Å². The molecule has 0 amide bonds. The van der Waals surface area contributed by atoms with Crippen molar-refractivity contribution in [3.05, 3.63) is 30.3 Å². The summed E-state index contributed by atoms with van der Waals surface area (Å²) < 4.78 is 3.34. The van der Waals surface area contributed by atoms with Crippen LogP contribution in [0.1, 0.15) is 0 Å². The van der Waals surface area contributed by atoms with E-state index in [4.69, 9.17) is 16.3 Å². The van der Waals surface area contributed by atoms with Gasteiger partial charge >= 0.3 is 0 Å². The van der Waals surface area contributed by atoms with Crippen LogP contribution in [0.15, 0.2) is 30.3 Å². The standard InChI is InChI=1S/C6H7OPS4/c9-8(10,12-11)7-6-4-2-1-3-5-6/h1-5,11H,(H,9,10). The normalized spacial score (nSPS) is 15.2. The van der Waals surface area contributed by atoms with Gasteiger partial charge in [0, 0.05) is 0 Å². The Hall–Kier alpha value is 0.720. The third kappa shape index (κ3) is 3.62. The summed E-state index contributed by atoms with van der Waals surface area (Å²) in [7, 11) is 1.18. The second-order valence-corrected chi connectivity index (χ2v) is 12.3. The number of hydrogen-bond acceptors (Lipinski definition) is 4. The van der Waals surface area contributed by atoms with Crippen molar-refractivity contribution in [2.45, 2.75) is 0 Å². The first-order valence-electron chi connectivity index (χ1n) is 3.05. The molecule has 0 spiro atoms. The van der Waals surface area contributed by atoms with Crippen LogP contribution < -0.4 is 4.52 Å². The fraction of sp³-hybridized carbons (Fsp3) is 0. The Morgan fingerprint density at radius 1 is 1.33 bits per heavy atom. The molecule has 1 nitrogen and oxygen atoms in total.